The van der Waals surface area contributed by atoms with E-state index in [0.29, 0.717) is 178 Å². The van der Waals surface area contributed by atoms with Crippen molar-refractivity contribution in [2.45, 2.75) is 25.2 Å². The van der Waals surface area contributed by atoms with Crippen molar-refractivity contribution in [1.82, 2.24) is 10.6 Å². The van der Waals surface area contributed by atoms with Crippen molar-refractivity contribution in [1.29, 1.82) is 0 Å². The number of benzene rings is 2. The number of fused-ring (bicyclic) bond motifs is 3. The zero-order chi connectivity index (χ0) is 46.1. The molecule has 2 aromatic carbocycles. The van der Waals surface area contributed by atoms with E-state index in [9.17, 15) is 14.4 Å². The van der Waals surface area contributed by atoms with Crippen molar-refractivity contribution in [3.63, 3.8) is 0 Å². The second-order valence-electron chi connectivity index (χ2n) is 14.2. The Kier molecular flexibility index (Phi) is 33.6. The summed E-state index contributed by atoms with van der Waals surface area (Å²) in [6, 6.07) is 16.5. The molecule has 65 heavy (non-hydrogen) atoms. The number of hydrogen-bond acceptors (Lipinski definition) is 16. The smallest absolute Gasteiger partial charge is 0.407 e. The monoisotopic (exact) mass is 924 g/mol. The summed E-state index contributed by atoms with van der Waals surface area (Å²) >= 11 is 0. The van der Waals surface area contributed by atoms with Crippen LogP contribution in [0.5, 0.6) is 0 Å². The number of alkyl carbamates (subject to hydrolysis) is 1. The van der Waals surface area contributed by atoms with Gasteiger partial charge in [-0.15, -0.1) is 0 Å². The molecule has 0 radical (unpaired) electrons. The molecule has 0 unspecified atom stereocenters. The molecule has 3 N–H and O–H groups in total. The Morgan fingerprint density at radius 3 is 1.12 bits per heavy atom. The van der Waals surface area contributed by atoms with Crippen molar-refractivity contribution >= 4 is 18.0 Å². The Labute approximate surface area is 383 Å². The van der Waals surface area contributed by atoms with Crippen LogP contribution in [0.15, 0.2) is 48.5 Å². The third-order valence-corrected chi connectivity index (χ3v) is 9.31. The number of carboxylic acids is 1. The fourth-order valence-corrected chi connectivity index (χ4v) is 6.11. The van der Waals surface area contributed by atoms with E-state index >= 15 is 0 Å². The van der Waals surface area contributed by atoms with Crippen molar-refractivity contribution in [2.24, 2.45) is 0 Å². The summed E-state index contributed by atoms with van der Waals surface area (Å²) in [6.07, 6.45) is -0.000626. The summed E-state index contributed by atoms with van der Waals surface area (Å²) in [5, 5.41) is 13.9. The molecule has 0 heterocycles. The fraction of sp³-hybridized carbons (Fsp3) is 0.674. The summed E-state index contributed by atoms with van der Waals surface area (Å²) in [5.74, 6) is -1.23. The minimum Gasteiger partial charge on any atom is -0.481 e. The maximum atomic E-state index is 12.3. The van der Waals surface area contributed by atoms with Crippen molar-refractivity contribution in [2.75, 3.05) is 178 Å². The van der Waals surface area contributed by atoms with Crippen LogP contribution >= 0.6 is 0 Å². The normalized spacial score (nSPS) is 12.0. The molecule has 1 aliphatic carbocycles. The summed E-state index contributed by atoms with van der Waals surface area (Å²) in [7, 11) is 0. The molecular weight excluding hydrogens is 853 g/mol. The highest BCUT2D eigenvalue weighted by atomic mass is 16.6. The van der Waals surface area contributed by atoms with Gasteiger partial charge in [-0.25, -0.2) is 4.79 Å². The number of carboxylic acid groups (broad SMARTS) is 1. The van der Waals surface area contributed by atoms with E-state index < -0.39 is 12.1 Å². The van der Waals surface area contributed by atoms with Gasteiger partial charge in [-0.2, -0.15) is 0 Å². The molecule has 0 bridgehead atoms. The molecule has 0 saturated heterocycles. The molecule has 0 atom stereocenters. The van der Waals surface area contributed by atoms with Crippen molar-refractivity contribution < 1.29 is 81.1 Å². The van der Waals surface area contributed by atoms with Crippen LogP contribution in [0.1, 0.15) is 36.3 Å². The number of ether oxygens (including phenoxy) is 13. The van der Waals surface area contributed by atoms with Crippen LogP contribution < -0.4 is 10.6 Å². The third-order valence-electron chi connectivity index (χ3n) is 9.31. The summed E-state index contributed by atoms with van der Waals surface area (Å²) < 4.78 is 71.4. The molecule has 0 aliphatic heterocycles. The lowest BCUT2D eigenvalue weighted by atomic mass is 9.98. The predicted molar refractivity (Wildman–Crippen MR) is 237 cm³/mol. The molecule has 19 heteroatoms. The summed E-state index contributed by atoms with van der Waals surface area (Å²) in [6.45, 7) is 12.0. The molecule has 0 fully saturated rings. The van der Waals surface area contributed by atoms with E-state index in [1.165, 1.54) is 22.3 Å². The highest BCUT2D eigenvalue weighted by Crippen LogP contribution is 2.44. The van der Waals surface area contributed by atoms with Gasteiger partial charge in [-0.1, -0.05) is 48.5 Å². The van der Waals surface area contributed by atoms with Crippen LogP contribution in [-0.4, -0.2) is 201 Å². The Bertz CT molecular complexity index is 1460. The molecule has 19 nitrogen and oxygen atoms in total. The first-order valence-electron chi connectivity index (χ1n) is 22.6. The number of carbonyl (C=O) groups excluding carboxylic acids is 2. The molecule has 368 valence electrons. The Hall–Kier alpha value is -3.83. The molecule has 2 aromatic rings. The first-order chi connectivity index (χ1) is 32.1. The topological polar surface area (TPSA) is 215 Å². The van der Waals surface area contributed by atoms with Gasteiger partial charge in [0.15, 0.2) is 0 Å². The molecule has 2 amide bonds. The van der Waals surface area contributed by atoms with Crippen LogP contribution in [0.2, 0.25) is 0 Å². The minimum atomic E-state index is -0.987. The average Bonchev–Trinajstić information content (AvgIpc) is 3.63. The lowest BCUT2D eigenvalue weighted by Gasteiger charge is -2.14. The first kappa shape index (κ1) is 55.5. The van der Waals surface area contributed by atoms with E-state index in [1.807, 2.05) is 24.3 Å². The third kappa shape index (κ3) is 28.7. The molecule has 0 aromatic heterocycles. The minimum absolute atomic E-state index is 0.0160. The van der Waals surface area contributed by atoms with Crippen LogP contribution in [0.4, 0.5) is 4.79 Å². The number of nitrogens with one attached hydrogen (secondary N) is 2. The second-order valence-corrected chi connectivity index (χ2v) is 14.2. The van der Waals surface area contributed by atoms with Gasteiger partial charge in [0, 0.05) is 32.0 Å². The number of aliphatic carboxylic acids is 1. The maximum absolute atomic E-state index is 12.3. The number of hydrogen-bond donors (Lipinski definition) is 3. The maximum Gasteiger partial charge on any atom is 0.407 e. The van der Waals surface area contributed by atoms with Gasteiger partial charge in [0.05, 0.1) is 158 Å². The summed E-state index contributed by atoms with van der Waals surface area (Å²) in [4.78, 5) is 34.1. The highest BCUT2D eigenvalue weighted by molar-refractivity contribution is 5.80. The van der Waals surface area contributed by atoms with Gasteiger partial charge in [-0.05, 0) is 28.7 Å². The lowest BCUT2D eigenvalue weighted by Crippen LogP contribution is -2.29. The zero-order valence-electron chi connectivity index (χ0n) is 37.9. The van der Waals surface area contributed by atoms with E-state index in [0.717, 1.165) is 0 Å². The number of rotatable bonds is 45. The van der Waals surface area contributed by atoms with Gasteiger partial charge in [0.2, 0.25) is 5.91 Å². The largest absolute Gasteiger partial charge is 0.481 e. The van der Waals surface area contributed by atoms with Crippen LogP contribution in [0.25, 0.3) is 11.1 Å². The van der Waals surface area contributed by atoms with E-state index in [2.05, 4.69) is 34.9 Å². The molecule has 0 saturated carbocycles. The zero-order valence-corrected chi connectivity index (χ0v) is 37.9. The van der Waals surface area contributed by atoms with Crippen LogP contribution in [0, 0.1) is 0 Å². The lowest BCUT2D eigenvalue weighted by molar-refractivity contribution is -0.138. The highest BCUT2D eigenvalue weighted by Gasteiger charge is 2.29. The predicted octanol–water partition coefficient (Wildman–Crippen LogP) is 3.10. The first-order valence-corrected chi connectivity index (χ1v) is 22.6. The van der Waals surface area contributed by atoms with E-state index in [4.69, 9.17) is 66.7 Å². The number of amides is 2. The SMILES string of the molecule is O=C(O)CCC(=O)NCCCOCCOCCOCCOCCOCCOCCOCCOCCOCCOCCOCCOCCNC(=O)OCC1c2ccccc2-c2ccccc21. The van der Waals surface area contributed by atoms with Gasteiger partial charge >= 0.3 is 12.1 Å². The summed E-state index contributed by atoms with van der Waals surface area (Å²) in [5.41, 5.74) is 4.75. The molecule has 1 aliphatic rings. The van der Waals surface area contributed by atoms with Crippen LogP contribution in [-0.2, 0) is 71.2 Å². The number of carbonyl (C=O) groups is 3. The van der Waals surface area contributed by atoms with Gasteiger partial charge < -0.3 is 77.3 Å². The van der Waals surface area contributed by atoms with Gasteiger partial charge in [0.1, 0.15) is 6.61 Å². The molecule has 0 spiro atoms. The van der Waals surface area contributed by atoms with Crippen LogP contribution in [0.3, 0.4) is 0 Å². The van der Waals surface area contributed by atoms with Gasteiger partial charge in [0.25, 0.3) is 0 Å². The van der Waals surface area contributed by atoms with E-state index in [-0.39, 0.29) is 31.3 Å². The second kappa shape index (κ2) is 39.3. The van der Waals surface area contributed by atoms with E-state index in [1.54, 1.807) is 0 Å². The fourth-order valence-electron chi connectivity index (χ4n) is 6.11. The Morgan fingerprint density at radius 1 is 0.415 bits per heavy atom. The Balaban J connectivity index is 0.908. The Morgan fingerprint density at radius 2 is 0.754 bits per heavy atom. The van der Waals surface area contributed by atoms with Crippen molar-refractivity contribution in [3.8, 4) is 11.1 Å². The quantitative estimate of drug-likeness (QED) is 0.0814. The molecule has 3 rings (SSSR count). The average molecular weight is 925 g/mol. The molecular formula is C46H72N2O17. The standard InChI is InChI=1S/C46H72N2O17/c49-44(10-11-45(50)51)47-12-5-14-53-16-18-55-20-22-57-24-26-59-28-30-61-32-34-63-36-37-64-35-33-62-31-29-60-27-25-58-23-21-56-19-17-54-15-13-48-46(52)65-38-43-41-8-3-1-6-39(41)40-7-2-4-9-42(40)43/h1-4,6-9,43H,5,10-38H2,(H,47,49)(H,48,52)(H,50,51). The van der Waals surface area contributed by atoms with Gasteiger partial charge in [-0.3, -0.25) is 9.59 Å². The van der Waals surface area contributed by atoms with Crippen molar-refractivity contribution in [3.05, 3.63) is 59.7 Å².